The molecule has 0 fully saturated rings. The highest BCUT2D eigenvalue weighted by Gasteiger charge is 2.06. The molecule has 0 aliphatic carbocycles. The summed E-state index contributed by atoms with van der Waals surface area (Å²) < 4.78 is 1.39. The molecule has 0 unspecified atom stereocenters. The van der Waals surface area contributed by atoms with E-state index in [0.29, 0.717) is 5.82 Å². The van der Waals surface area contributed by atoms with Gasteiger partial charge < -0.3 is 5.73 Å². The number of aromatic nitrogens is 3. The van der Waals surface area contributed by atoms with Crippen LogP contribution in [0, 0.1) is 0 Å². The molecule has 3 N–H and O–H groups in total. The largest absolute Gasteiger partial charge is 0.343 e. The predicted molar refractivity (Wildman–Crippen MR) is 36.4 cm³/mol. The van der Waals surface area contributed by atoms with Gasteiger partial charge in [0.1, 0.15) is 5.82 Å². The Hall–Kier alpha value is -1.10. The van der Waals surface area contributed by atoms with Crippen LogP contribution in [0.5, 0.6) is 0 Å². The van der Waals surface area contributed by atoms with E-state index in [-0.39, 0.29) is 11.7 Å². The molecule has 0 spiro atoms. The van der Waals surface area contributed by atoms with Crippen LogP contribution in [0.1, 0.15) is 18.8 Å². The van der Waals surface area contributed by atoms with Crippen LogP contribution in [0.2, 0.25) is 0 Å². The zero-order chi connectivity index (χ0) is 7.72. The molecule has 0 saturated heterocycles. The van der Waals surface area contributed by atoms with E-state index in [1.54, 1.807) is 14.0 Å². The number of nitrogens with one attached hydrogen (secondary N) is 1. The van der Waals surface area contributed by atoms with E-state index in [0.717, 1.165) is 0 Å². The summed E-state index contributed by atoms with van der Waals surface area (Å²) in [5, 5.41) is 6.01. The van der Waals surface area contributed by atoms with E-state index < -0.39 is 0 Å². The van der Waals surface area contributed by atoms with Crippen molar-refractivity contribution in [3.05, 3.63) is 16.3 Å². The van der Waals surface area contributed by atoms with Gasteiger partial charge in [0.05, 0.1) is 6.04 Å². The second-order valence-corrected chi connectivity index (χ2v) is 2.23. The van der Waals surface area contributed by atoms with E-state index >= 15 is 0 Å². The molecule has 1 atom stereocenters. The van der Waals surface area contributed by atoms with Crippen molar-refractivity contribution in [2.45, 2.75) is 13.0 Å². The van der Waals surface area contributed by atoms with Crippen molar-refractivity contribution in [1.29, 1.82) is 0 Å². The molecule has 5 nitrogen and oxygen atoms in total. The molecule has 56 valence electrons. The van der Waals surface area contributed by atoms with Crippen molar-refractivity contribution in [3.8, 4) is 0 Å². The first kappa shape index (κ1) is 7.01. The summed E-state index contributed by atoms with van der Waals surface area (Å²) in [5.74, 6) is 0.574. The van der Waals surface area contributed by atoms with Crippen LogP contribution >= 0.6 is 0 Å². The van der Waals surface area contributed by atoms with Gasteiger partial charge in [-0.3, -0.25) is 4.57 Å². The zero-order valence-corrected chi connectivity index (χ0v) is 5.96. The van der Waals surface area contributed by atoms with E-state index in [1.807, 2.05) is 0 Å². The van der Waals surface area contributed by atoms with Crippen LogP contribution in [0.15, 0.2) is 4.79 Å². The van der Waals surface area contributed by atoms with Gasteiger partial charge in [0.2, 0.25) is 0 Å². The van der Waals surface area contributed by atoms with Crippen LogP contribution in [0.25, 0.3) is 0 Å². The fourth-order valence-electron chi connectivity index (χ4n) is 0.766. The minimum absolute atomic E-state index is 0.205. The third-order valence-corrected chi connectivity index (χ3v) is 1.32. The lowest BCUT2D eigenvalue weighted by Crippen LogP contribution is -2.18. The number of hydrogen-bond acceptors (Lipinski definition) is 3. The Morgan fingerprint density at radius 3 is 2.60 bits per heavy atom. The van der Waals surface area contributed by atoms with Crippen LogP contribution in [-0.4, -0.2) is 14.8 Å². The molecule has 0 aliphatic heterocycles. The normalized spacial score (nSPS) is 13.5. The highest BCUT2D eigenvalue weighted by atomic mass is 16.1. The summed E-state index contributed by atoms with van der Waals surface area (Å²) in [6.45, 7) is 1.77. The summed E-state index contributed by atoms with van der Waals surface area (Å²) in [7, 11) is 1.63. The maximum atomic E-state index is 10.7. The van der Waals surface area contributed by atoms with Crippen molar-refractivity contribution in [2.24, 2.45) is 12.8 Å². The molecule has 1 rings (SSSR count). The highest BCUT2D eigenvalue weighted by Crippen LogP contribution is 1.98. The van der Waals surface area contributed by atoms with Gasteiger partial charge in [0, 0.05) is 7.05 Å². The Labute approximate surface area is 57.9 Å². The number of nitrogens with two attached hydrogens (primary N) is 1. The van der Waals surface area contributed by atoms with Crippen molar-refractivity contribution < 1.29 is 0 Å². The fraction of sp³-hybridized carbons (Fsp3) is 0.600. The minimum Gasteiger partial charge on any atom is -0.322 e. The van der Waals surface area contributed by atoms with E-state index in [4.69, 9.17) is 5.73 Å². The van der Waals surface area contributed by atoms with Gasteiger partial charge in [-0.25, -0.2) is 9.89 Å². The topological polar surface area (TPSA) is 76.7 Å². The molecule has 1 aromatic heterocycles. The number of rotatable bonds is 1. The maximum Gasteiger partial charge on any atom is 0.343 e. The Bertz CT molecular complexity index is 271. The van der Waals surface area contributed by atoms with E-state index in [1.165, 1.54) is 4.57 Å². The maximum absolute atomic E-state index is 10.7. The van der Waals surface area contributed by atoms with Crippen LogP contribution in [-0.2, 0) is 7.05 Å². The van der Waals surface area contributed by atoms with Crippen molar-refractivity contribution in [1.82, 2.24) is 14.8 Å². The number of nitrogens with zero attached hydrogens (tertiary/aromatic N) is 2. The molecule has 5 heteroatoms. The second kappa shape index (κ2) is 2.26. The molecule has 1 aromatic rings. The van der Waals surface area contributed by atoms with E-state index in [2.05, 4.69) is 10.2 Å². The SMILES string of the molecule is C[C@@H](N)c1n[nH]c(=O)n1C. The molecular formula is C5H10N4O. The smallest absolute Gasteiger partial charge is 0.322 e. The Morgan fingerprint density at radius 2 is 2.40 bits per heavy atom. The second-order valence-electron chi connectivity index (χ2n) is 2.23. The first-order valence-electron chi connectivity index (χ1n) is 3.00. The molecule has 0 saturated carbocycles. The first-order chi connectivity index (χ1) is 4.63. The Morgan fingerprint density at radius 1 is 1.80 bits per heavy atom. The summed E-state index contributed by atoms with van der Waals surface area (Å²) in [6.07, 6.45) is 0. The summed E-state index contributed by atoms with van der Waals surface area (Å²) >= 11 is 0. The summed E-state index contributed by atoms with van der Waals surface area (Å²) in [5.41, 5.74) is 5.26. The van der Waals surface area contributed by atoms with Crippen LogP contribution in [0.3, 0.4) is 0 Å². The number of H-pyrrole nitrogens is 1. The summed E-state index contributed by atoms with van der Waals surface area (Å²) in [4.78, 5) is 10.7. The molecule has 10 heavy (non-hydrogen) atoms. The van der Waals surface area contributed by atoms with Gasteiger partial charge in [0.25, 0.3) is 0 Å². The standard InChI is InChI=1S/C5H10N4O/c1-3(6)4-7-8-5(10)9(4)2/h3H,6H2,1-2H3,(H,8,10)/t3-/m1/s1. The molecule has 0 aliphatic rings. The van der Waals surface area contributed by atoms with Crippen LogP contribution in [0.4, 0.5) is 0 Å². The molecule has 1 heterocycles. The van der Waals surface area contributed by atoms with Gasteiger partial charge in [0.15, 0.2) is 0 Å². The van der Waals surface area contributed by atoms with Gasteiger partial charge >= 0.3 is 5.69 Å². The predicted octanol–water partition coefficient (Wildman–Crippen LogP) is -0.872. The van der Waals surface area contributed by atoms with Gasteiger partial charge in [-0.05, 0) is 6.92 Å². The monoisotopic (exact) mass is 142 g/mol. The van der Waals surface area contributed by atoms with E-state index in [9.17, 15) is 4.79 Å². The van der Waals surface area contributed by atoms with Gasteiger partial charge in [-0.15, -0.1) is 0 Å². The molecule has 0 radical (unpaired) electrons. The number of hydrogen-bond donors (Lipinski definition) is 2. The number of aromatic amines is 1. The highest BCUT2D eigenvalue weighted by molar-refractivity contribution is 4.90. The first-order valence-corrected chi connectivity index (χ1v) is 3.00. The average Bonchev–Trinajstić information content (AvgIpc) is 2.14. The van der Waals surface area contributed by atoms with Crippen molar-refractivity contribution in [2.75, 3.05) is 0 Å². The summed E-state index contributed by atoms with van der Waals surface area (Å²) in [6, 6.07) is -0.205. The fourth-order valence-corrected chi connectivity index (χ4v) is 0.766. The quantitative estimate of drug-likeness (QED) is 0.535. The van der Waals surface area contributed by atoms with Crippen molar-refractivity contribution >= 4 is 0 Å². The molecular weight excluding hydrogens is 132 g/mol. The Balaban J connectivity index is 3.18. The van der Waals surface area contributed by atoms with Crippen LogP contribution < -0.4 is 11.4 Å². The van der Waals surface area contributed by atoms with Gasteiger partial charge in [-0.2, -0.15) is 5.10 Å². The lowest BCUT2D eigenvalue weighted by Gasteiger charge is -2.00. The average molecular weight is 142 g/mol. The van der Waals surface area contributed by atoms with Crippen molar-refractivity contribution in [3.63, 3.8) is 0 Å². The Kier molecular flexibility index (Phi) is 1.58. The zero-order valence-electron chi connectivity index (χ0n) is 5.96. The lowest BCUT2D eigenvalue weighted by atomic mass is 10.3. The lowest BCUT2D eigenvalue weighted by molar-refractivity contribution is 0.677. The third kappa shape index (κ3) is 0.950. The molecule has 0 amide bonds. The molecule has 0 aromatic carbocycles. The minimum atomic E-state index is -0.229. The molecule has 0 bridgehead atoms. The third-order valence-electron chi connectivity index (χ3n) is 1.32. The van der Waals surface area contributed by atoms with Gasteiger partial charge in [-0.1, -0.05) is 0 Å².